The molecule has 0 bridgehead atoms. The predicted molar refractivity (Wildman–Crippen MR) is 118 cm³/mol. The Morgan fingerprint density at radius 1 is 1.06 bits per heavy atom. The summed E-state index contributed by atoms with van der Waals surface area (Å²) in [4.78, 5) is 25.2. The van der Waals surface area contributed by atoms with Gasteiger partial charge in [0.2, 0.25) is 0 Å². The van der Waals surface area contributed by atoms with E-state index >= 15 is 0 Å². The molecule has 0 aliphatic carbocycles. The lowest BCUT2D eigenvalue weighted by atomic mass is 9.90. The Balaban J connectivity index is 1.85. The number of methoxy groups -OCH3 is 1. The van der Waals surface area contributed by atoms with Crippen LogP contribution >= 0.6 is 0 Å². The van der Waals surface area contributed by atoms with Crippen LogP contribution in [0.2, 0.25) is 0 Å². The molecular formula is C25H23FN2O4. The number of hydrogen-bond acceptors (Lipinski definition) is 4. The molecule has 0 aromatic heterocycles. The van der Waals surface area contributed by atoms with Crippen molar-refractivity contribution in [3.05, 3.63) is 88.9 Å². The van der Waals surface area contributed by atoms with Gasteiger partial charge in [-0.1, -0.05) is 49.4 Å². The minimum absolute atomic E-state index is 0.197. The minimum Gasteiger partial charge on any atom is -0.489 e. The van der Waals surface area contributed by atoms with Gasteiger partial charge in [-0.3, -0.25) is 0 Å². The van der Waals surface area contributed by atoms with Crippen molar-refractivity contribution in [2.75, 3.05) is 7.11 Å². The van der Waals surface area contributed by atoms with Crippen molar-refractivity contribution in [1.82, 2.24) is 10.6 Å². The van der Waals surface area contributed by atoms with Crippen molar-refractivity contribution in [1.29, 1.82) is 0 Å². The Labute approximate surface area is 185 Å². The van der Waals surface area contributed by atoms with Crippen LogP contribution in [-0.4, -0.2) is 19.1 Å². The second-order valence-corrected chi connectivity index (χ2v) is 7.38. The second kappa shape index (κ2) is 9.09. The molecule has 0 saturated carbocycles. The minimum atomic E-state index is -0.763. The van der Waals surface area contributed by atoms with Crippen LogP contribution in [0, 0.1) is 5.82 Å². The summed E-state index contributed by atoms with van der Waals surface area (Å²) in [7, 11) is 1.31. The topological polar surface area (TPSA) is 76.7 Å². The number of benzene rings is 3. The smallest absolute Gasteiger partial charge is 0.337 e. The molecule has 0 spiro atoms. The molecule has 32 heavy (non-hydrogen) atoms. The number of amides is 2. The molecule has 1 aliphatic heterocycles. The van der Waals surface area contributed by atoms with Gasteiger partial charge in [-0.05, 0) is 41.0 Å². The fraction of sp³-hybridized carbons (Fsp3) is 0.200. The van der Waals surface area contributed by atoms with Crippen molar-refractivity contribution >= 4 is 22.8 Å². The number of carbonyl (C=O) groups is 2. The highest BCUT2D eigenvalue weighted by Crippen LogP contribution is 2.39. The second-order valence-electron chi connectivity index (χ2n) is 7.38. The van der Waals surface area contributed by atoms with E-state index in [0.29, 0.717) is 29.0 Å². The first kappa shape index (κ1) is 21.4. The highest BCUT2D eigenvalue weighted by Gasteiger charge is 2.35. The van der Waals surface area contributed by atoms with E-state index in [4.69, 9.17) is 9.47 Å². The Bertz CT molecular complexity index is 1200. The van der Waals surface area contributed by atoms with Crippen LogP contribution in [0.4, 0.5) is 9.18 Å². The first-order chi connectivity index (χ1) is 15.5. The van der Waals surface area contributed by atoms with Gasteiger partial charge in [0, 0.05) is 11.3 Å². The van der Waals surface area contributed by atoms with Crippen LogP contribution in [0.5, 0.6) is 5.75 Å². The standard InChI is InChI=1S/C25H23FN2O4/c1-3-19-22(24(29)31-2)23(28-25(30)27-19)21-18-7-5-4-6-16(18)10-13-20(21)32-14-15-8-11-17(26)12-9-15/h4-13,23H,3,14H2,1-2H3,(H2,27,28,30). The molecule has 1 unspecified atom stereocenters. The van der Waals surface area contributed by atoms with Crippen LogP contribution in [0.25, 0.3) is 10.8 Å². The molecule has 0 radical (unpaired) electrons. The highest BCUT2D eigenvalue weighted by molar-refractivity contribution is 5.98. The maximum atomic E-state index is 13.3. The Morgan fingerprint density at radius 3 is 2.53 bits per heavy atom. The summed E-state index contributed by atoms with van der Waals surface area (Å²) in [6, 6.07) is 16.3. The average molecular weight is 434 g/mol. The van der Waals surface area contributed by atoms with Gasteiger partial charge in [0.15, 0.2) is 0 Å². The molecule has 1 aliphatic rings. The van der Waals surface area contributed by atoms with Crippen LogP contribution in [-0.2, 0) is 16.1 Å². The highest BCUT2D eigenvalue weighted by atomic mass is 19.1. The number of allylic oxidation sites excluding steroid dienone is 1. The van der Waals surface area contributed by atoms with Crippen LogP contribution < -0.4 is 15.4 Å². The molecule has 0 fully saturated rings. The SMILES string of the molecule is CCC1=C(C(=O)OC)C(c2c(OCc3ccc(F)cc3)ccc3ccccc23)NC(=O)N1. The molecule has 164 valence electrons. The largest absolute Gasteiger partial charge is 0.489 e. The zero-order chi connectivity index (χ0) is 22.7. The van der Waals surface area contributed by atoms with Gasteiger partial charge in [0.1, 0.15) is 18.2 Å². The van der Waals surface area contributed by atoms with Crippen LogP contribution in [0.1, 0.15) is 30.5 Å². The number of fused-ring (bicyclic) bond motifs is 1. The average Bonchev–Trinajstić information content (AvgIpc) is 2.82. The van der Waals surface area contributed by atoms with Crippen molar-refractivity contribution in [2.45, 2.75) is 26.0 Å². The van der Waals surface area contributed by atoms with E-state index in [-0.39, 0.29) is 12.4 Å². The van der Waals surface area contributed by atoms with Gasteiger partial charge >= 0.3 is 12.0 Å². The molecule has 4 rings (SSSR count). The molecule has 1 atom stereocenters. The van der Waals surface area contributed by atoms with Gasteiger partial charge in [0.05, 0.1) is 18.7 Å². The van der Waals surface area contributed by atoms with Crippen molar-refractivity contribution < 1.29 is 23.5 Å². The van der Waals surface area contributed by atoms with E-state index in [1.165, 1.54) is 19.2 Å². The molecule has 6 nitrogen and oxygen atoms in total. The molecule has 2 N–H and O–H groups in total. The van der Waals surface area contributed by atoms with Gasteiger partial charge in [-0.25, -0.2) is 14.0 Å². The zero-order valence-electron chi connectivity index (χ0n) is 17.8. The Hall–Kier alpha value is -3.87. The number of hydrogen-bond donors (Lipinski definition) is 2. The third kappa shape index (κ3) is 4.14. The Morgan fingerprint density at radius 2 is 1.81 bits per heavy atom. The van der Waals surface area contributed by atoms with E-state index in [1.807, 2.05) is 43.3 Å². The lowest BCUT2D eigenvalue weighted by Gasteiger charge is -2.30. The van der Waals surface area contributed by atoms with Crippen molar-refractivity contribution in [3.8, 4) is 5.75 Å². The van der Waals surface area contributed by atoms with Gasteiger partial charge in [0.25, 0.3) is 0 Å². The molecule has 1 heterocycles. The molecular weight excluding hydrogens is 411 g/mol. The summed E-state index contributed by atoms with van der Waals surface area (Å²) in [5, 5.41) is 7.35. The van der Waals surface area contributed by atoms with Crippen molar-refractivity contribution in [2.24, 2.45) is 0 Å². The molecule has 0 saturated heterocycles. The number of halogens is 1. The lowest BCUT2D eigenvalue weighted by molar-refractivity contribution is -0.136. The van der Waals surface area contributed by atoms with E-state index in [0.717, 1.165) is 16.3 Å². The fourth-order valence-corrected chi connectivity index (χ4v) is 3.91. The van der Waals surface area contributed by atoms with Crippen molar-refractivity contribution in [3.63, 3.8) is 0 Å². The maximum Gasteiger partial charge on any atom is 0.337 e. The normalized spacial score (nSPS) is 15.8. The first-order valence-electron chi connectivity index (χ1n) is 10.3. The van der Waals surface area contributed by atoms with Crippen LogP contribution in [0.3, 0.4) is 0 Å². The van der Waals surface area contributed by atoms with Gasteiger partial charge in [-0.2, -0.15) is 0 Å². The number of nitrogens with one attached hydrogen (secondary N) is 2. The number of urea groups is 1. The number of esters is 1. The van der Waals surface area contributed by atoms with Crippen LogP contribution in [0.15, 0.2) is 71.9 Å². The molecule has 3 aromatic rings. The summed E-state index contributed by atoms with van der Waals surface area (Å²) in [6.45, 7) is 2.05. The molecule has 2 amide bonds. The monoisotopic (exact) mass is 434 g/mol. The maximum absolute atomic E-state index is 13.3. The zero-order valence-corrected chi connectivity index (χ0v) is 17.8. The fourth-order valence-electron chi connectivity index (χ4n) is 3.91. The quantitative estimate of drug-likeness (QED) is 0.549. The van der Waals surface area contributed by atoms with Gasteiger partial charge in [-0.15, -0.1) is 0 Å². The molecule has 7 heteroatoms. The lowest BCUT2D eigenvalue weighted by Crippen LogP contribution is -2.46. The third-order valence-electron chi connectivity index (χ3n) is 5.44. The molecule has 3 aromatic carbocycles. The first-order valence-corrected chi connectivity index (χ1v) is 10.3. The van der Waals surface area contributed by atoms with E-state index in [1.54, 1.807) is 12.1 Å². The Kier molecular flexibility index (Phi) is 6.07. The van der Waals surface area contributed by atoms with E-state index in [9.17, 15) is 14.0 Å². The van der Waals surface area contributed by atoms with E-state index < -0.39 is 18.0 Å². The number of rotatable bonds is 6. The predicted octanol–water partition coefficient (Wildman–Crippen LogP) is 4.75. The number of carbonyl (C=O) groups excluding carboxylic acids is 2. The summed E-state index contributed by atoms with van der Waals surface area (Å²) in [6.07, 6.45) is 0.449. The third-order valence-corrected chi connectivity index (χ3v) is 5.44. The van der Waals surface area contributed by atoms with E-state index in [2.05, 4.69) is 10.6 Å². The summed E-state index contributed by atoms with van der Waals surface area (Å²) < 4.78 is 24.4. The number of ether oxygens (including phenoxy) is 2. The summed E-state index contributed by atoms with van der Waals surface area (Å²) >= 11 is 0. The summed E-state index contributed by atoms with van der Waals surface area (Å²) in [5.74, 6) is -0.341. The summed E-state index contributed by atoms with van der Waals surface area (Å²) in [5.41, 5.74) is 2.28. The van der Waals surface area contributed by atoms with Gasteiger partial charge < -0.3 is 20.1 Å².